The molecule has 3 heterocycles. The van der Waals surface area contributed by atoms with E-state index in [-0.39, 0.29) is 22.6 Å². The molecule has 0 aromatic carbocycles. The first-order chi connectivity index (χ1) is 11.1. The molecule has 1 amide bonds. The van der Waals surface area contributed by atoms with E-state index in [1.807, 2.05) is 0 Å². The summed E-state index contributed by atoms with van der Waals surface area (Å²) in [6.07, 6.45) is 4.77. The van der Waals surface area contributed by atoms with Crippen LogP contribution in [0.1, 0.15) is 29.6 Å². The number of amides is 1. The molecular weight excluding hydrogens is 318 g/mol. The van der Waals surface area contributed by atoms with Gasteiger partial charge in [0.1, 0.15) is 5.02 Å². The summed E-state index contributed by atoms with van der Waals surface area (Å²) >= 11 is 5.83. The van der Waals surface area contributed by atoms with Crippen LogP contribution in [0.5, 0.6) is 0 Å². The van der Waals surface area contributed by atoms with E-state index in [1.165, 1.54) is 25.1 Å². The largest absolute Gasteiger partial charge is 0.375 e. The van der Waals surface area contributed by atoms with Gasteiger partial charge in [0.25, 0.3) is 11.5 Å². The van der Waals surface area contributed by atoms with Gasteiger partial charge in [-0.3, -0.25) is 9.59 Å². The minimum Gasteiger partial charge on any atom is -0.375 e. The Bertz CT molecular complexity index is 613. The highest BCUT2D eigenvalue weighted by atomic mass is 35.5. The normalized spacial score (nSPS) is 23.0. The Hall–Kier alpha value is -1.37. The molecule has 1 atom stereocenters. The van der Waals surface area contributed by atoms with Crippen molar-refractivity contribution in [1.29, 1.82) is 0 Å². The predicted molar refractivity (Wildman–Crippen MR) is 88.0 cm³/mol. The molecule has 6 nitrogen and oxygen atoms in total. The molecule has 0 radical (unpaired) electrons. The highest BCUT2D eigenvalue weighted by molar-refractivity contribution is 6.30. The van der Waals surface area contributed by atoms with Gasteiger partial charge in [0.05, 0.1) is 11.7 Å². The van der Waals surface area contributed by atoms with Crippen LogP contribution in [0.15, 0.2) is 17.1 Å². The summed E-state index contributed by atoms with van der Waals surface area (Å²) in [5, 5.41) is 0.0375. The number of pyridine rings is 1. The van der Waals surface area contributed by atoms with Gasteiger partial charge in [-0.15, -0.1) is 0 Å². The number of aromatic amines is 1. The molecule has 0 unspecified atom stereocenters. The van der Waals surface area contributed by atoms with Gasteiger partial charge >= 0.3 is 0 Å². The molecule has 1 N–H and O–H groups in total. The van der Waals surface area contributed by atoms with Gasteiger partial charge in [0.15, 0.2) is 0 Å². The Kier molecular flexibility index (Phi) is 5.35. The zero-order chi connectivity index (χ0) is 16.2. The maximum atomic E-state index is 12.7. The third-order valence-corrected chi connectivity index (χ3v) is 4.68. The lowest BCUT2D eigenvalue weighted by atomic mass is 10.2. The number of rotatable bonds is 3. The Balaban J connectivity index is 1.68. The maximum Gasteiger partial charge on any atom is 0.266 e. The topological polar surface area (TPSA) is 65.6 Å². The summed E-state index contributed by atoms with van der Waals surface area (Å²) < 4.78 is 5.90. The summed E-state index contributed by atoms with van der Waals surface area (Å²) in [7, 11) is 0. The summed E-state index contributed by atoms with van der Waals surface area (Å²) in [4.78, 5) is 30.7. The highest BCUT2D eigenvalue weighted by Gasteiger charge is 2.26. The fourth-order valence-corrected chi connectivity index (χ4v) is 3.38. The average Bonchev–Trinajstić information content (AvgIpc) is 2.94. The number of aromatic nitrogens is 1. The monoisotopic (exact) mass is 339 g/mol. The third-order valence-electron chi connectivity index (χ3n) is 4.40. The van der Waals surface area contributed by atoms with Crippen molar-refractivity contribution in [1.82, 2.24) is 14.8 Å². The number of nitrogens with one attached hydrogen (secondary N) is 1. The van der Waals surface area contributed by atoms with Gasteiger partial charge in [-0.25, -0.2) is 0 Å². The SMILES string of the molecule is O=C(c1c[nH]c(=O)c(Cl)c1)N1CCCO[C@@H](CN2CCCC2)C1. The molecule has 2 fully saturated rings. The van der Waals surface area contributed by atoms with E-state index in [2.05, 4.69) is 9.88 Å². The lowest BCUT2D eigenvalue weighted by Crippen LogP contribution is -2.42. The van der Waals surface area contributed by atoms with Crippen LogP contribution in [0, 0.1) is 0 Å². The van der Waals surface area contributed by atoms with E-state index < -0.39 is 0 Å². The van der Waals surface area contributed by atoms with E-state index in [9.17, 15) is 9.59 Å². The number of nitrogens with zero attached hydrogens (tertiary/aromatic N) is 2. The van der Waals surface area contributed by atoms with Crippen LogP contribution in [0.3, 0.4) is 0 Å². The molecule has 2 aliphatic rings. The van der Waals surface area contributed by atoms with E-state index in [0.717, 1.165) is 26.1 Å². The molecule has 7 heteroatoms. The van der Waals surface area contributed by atoms with Crippen molar-refractivity contribution < 1.29 is 9.53 Å². The van der Waals surface area contributed by atoms with Crippen molar-refractivity contribution in [3.8, 4) is 0 Å². The van der Waals surface area contributed by atoms with Crippen LogP contribution in [0.25, 0.3) is 0 Å². The van der Waals surface area contributed by atoms with Crippen molar-refractivity contribution in [3.63, 3.8) is 0 Å². The molecule has 3 rings (SSSR count). The Morgan fingerprint density at radius 2 is 2.09 bits per heavy atom. The summed E-state index contributed by atoms with van der Waals surface area (Å²) in [5.74, 6) is -0.111. The van der Waals surface area contributed by atoms with E-state index >= 15 is 0 Å². The number of halogens is 1. The number of carbonyl (C=O) groups excluding carboxylic acids is 1. The quantitative estimate of drug-likeness (QED) is 0.903. The molecule has 1 aromatic rings. The van der Waals surface area contributed by atoms with E-state index in [0.29, 0.717) is 25.3 Å². The minimum atomic E-state index is -0.380. The van der Waals surface area contributed by atoms with Crippen LogP contribution >= 0.6 is 11.6 Å². The molecule has 0 bridgehead atoms. The Morgan fingerprint density at radius 1 is 1.30 bits per heavy atom. The summed E-state index contributed by atoms with van der Waals surface area (Å²) in [6, 6.07) is 1.43. The van der Waals surface area contributed by atoms with Gasteiger partial charge in [-0.1, -0.05) is 11.6 Å². The smallest absolute Gasteiger partial charge is 0.266 e. The average molecular weight is 340 g/mol. The van der Waals surface area contributed by atoms with Crippen LogP contribution in [-0.4, -0.2) is 66.1 Å². The summed E-state index contributed by atoms with van der Waals surface area (Å²) in [6.45, 7) is 5.01. The van der Waals surface area contributed by atoms with Crippen molar-refractivity contribution in [2.24, 2.45) is 0 Å². The number of likely N-dealkylation sites (tertiary alicyclic amines) is 1. The lowest BCUT2D eigenvalue weighted by Gasteiger charge is -2.27. The molecule has 0 spiro atoms. The third kappa shape index (κ3) is 4.13. The number of H-pyrrole nitrogens is 1. The van der Waals surface area contributed by atoms with Crippen LogP contribution < -0.4 is 5.56 Å². The number of hydrogen-bond donors (Lipinski definition) is 1. The number of carbonyl (C=O) groups is 1. The number of ether oxygens (including phenoxy) is 1. The zero-order valence-corrected chi connectivity index (χ0v) is 13.8. The standard InChI is InChI=1S/C16H22ClN3O3/c17-14-8-12(9-18-15(14)21)16(22)20-6-3-7-23-13(11-20)10-19-4-1-2-5-19/h8-9,13H,1-7,10-11H2,(H,18,21)/t13-/m0/s1. The van der Waals surface area contributed by atoms with Gasteiger partial charge in [-0.2, -0.15) is 0 Å². The van der Waals surface area contributed by atoms with Crippen molar-refractivity contribution >= 4 is 17.5 Å². The first-order valence-corrected chi connectivity index (χ1v) is 8.53. The number of hydrogen-bond acceptors (Lipinski definition) is 4. The van der Waals surface area contributed by atoms with E-state index in [1.54, 1.807) is 4.90 Å². The van der Waals surface area contributed by atoms with Gasteiger partial charge in [-0.05, 0) is 38.4 Å². The van der Waals surface area contributed by atoms with Crippen LogP contribution in [0.4, 0.5) is 0 Å². The molecule has 0 aliphatic carbocycles. The molecule has 2 saturated heterocycles. The Labute approximate surface area is 140 Å². The fourth-order valence-electron chi connectivity index (χ4n) is 3.21. The first kappa shape index (κ1) is 16.5. The molecule has 2 aliphatic heterocycles. The highest BCUT2D eigenvalue weighted by Crippen LogP contribution is 2.15. The molecule has 0 saturated carbocycles. The maximum absolute atomic E-state index is 12.7. The first-order valence-electron chi connectivity index (χ1n) is 8.15. The van der Waals surface area contributed by atoms with Gasteiger partial charge in [0, 0.05) is 32.4 Å². The van der Waals surface area contributed by atoms with Crippen LogP contribution in [-0.2, 0) is 4.74 Å². The second kappa shape index (κ2) is 7.47. The minimum absolute atomic E-state index is 0.0375. The second-order valence-electron chi connectivity index (χ2n) is 6.17. The molecular formula is C16H22ClN3O3. The van der Waals surface area contributed by atoms with Crippen molar-refractivity contribution in [2.45, 2.75) is 25.4 Å². The molecule has 23 heavy (non-hydrogen) atoms. The van der Waals surface area contributed by atoms with Gasteiger partial charge in [0.2, 0.25) is 0 Å². The molecule has 126 valence electrons. The predicted octanol–water partition coefficient (Wildman–Crippen LogP) is 1.36. The van der Waals surface area contributed by atoms with Crippen LogP contribution in [0.2, 0.25) is 5.02 Å². The lowest BCUT2D eigenvalue weighted by molar-refractivity contribution is 0.0297. The van der Waals surface area contributed by atoms with Gasteiger partial charge < -0.3 is 19.5 Å². The zero-order valence-electron chi connectivity index (χ0n) is 13.1. The fraction of sp³-hybridized carbons (Fsp3) is 0.625. The second-order valence-corrected chi connectivity index (χ2v) is 6.58. The van der Waals surface area contributed by atoms with Crippen molar-refractivity contribution in [3.05, 3.63) is 33.2 Å². The van der Waals surface area contributed by atoms with E-state index in [4.69, 9.17) is 16.3 Å². The summed E-state index contributed by atoms with van der Waals surface area (Å²) in [5.41, 5.74) is 0.0331. The van der Waals surface area contributed by atoms with Crippen molar-refractivity contribution in [2.75, 3.05) is 39.3 Å². The Morgan fingerprint density at radius 3 is 2.83 bits per heavy atom. The molecule has 1 aromatic heterocycles.